The summed E-state index contributed by atoms with van der Waals surface area (Å²) in [5.41, 5.74) is -0.0973. The third-order valence-electron chi connectivity index (χ3n) is 4.35. The van der Waals surface area contributed by atoms with Crippen molar-refractivity contribution in [2.75, 3.05) is 6.54 Å². The summed E-state index contributed by atoms with van der Waals surface area (Å²) in [5.74, 6) is 0.370. The van der Waals surface area contributed by atoms with Crippen LogP contribution in [0.5, 0.6) is 0 Å². The van der Waals surface area contributed by atoms with Gasteiger partial charge < -0.3 is 15.4 Å². The third kappa shape index (κ3) is 6.25. The van der Waals surface area contributed by atoms with Crippen LogP contribution >= 0.6 is 0 Å². The van der Waals surface area contributed by atoms with Crippen molar-refractivity contribution in [2.45, 2.75) is 85.4 Å². The summed E-state index contributed by atoms with van der Waals surface area (Å²) in [7, 11) is 0. The van der Waals surface area contributed by atoms with Crippen LogP contribution in [-0.4, -0.2) is 30.3 Å². The van der Waals surface area contributed by atoms with Crippen LogP contribution in [0, 0.1) is 11.3 Å². The molecule has 0 bridgehead atoms. The molecule has 0 aromatic rings. The van der Waals surface area contributed by atoms with Crippen molar-refractivity contribution in [1.29, 1.82) is 0 Å². The second kappa shape index (κ2) is 6.99. The van der Waals surface area contributed by atoms with Crippen molar-refractivity contribution < 1.29 is 9.53 Å². The highest BCUT2D eigenvalue weighted by molar-refractivity contribution is 5.68. The van der Waals surface area contributed by atoms with E-state index in [1.54, 1.807) is 0 Å². The predicted molar refractivity (Wildman–Crippen MR) is 87.4 cm³/mol. The van der Waals surface area contributed by atoms with Gasteiger partial charge in [0.2, 0.25) is 0 Å². The van der Waals surface area contributed by atoms with Gasteiger partial charge in [0, 0.05) is 18.6 Å². The van der Waals surface area contributed by atoms with E-state index >= 15 is 0 Å². The molecule has 21 heavy (non-hydrogen) atoms. The Morgan fingerprint density at radius 1 is 1.33 bits per heavy atom. The molecule has 1 fully saturated rings. The molecule has 2 N–H and O–H groups in total. The maximum atomic E-state index is 11.9. The lowest BCUT2D eigenvalue weighted by Gasteiger charge is -2.31. The van der Waals surface area contributed by atoms with Gasteiger partial charge in [0.05, 0.1) is 0 Å². The van der Waals surface area contributed by atoms with Crippen molar-refractivity contribution >= 4 is 6.09 Å². The van der Waals surface area contributed by atoms with Crippen LogP contribution in [0.15, 0.2) is 0 Å². The molecular weight excluding hydrogens is 264 g/mol. The Balaban J connectivity index is 2.49. The lowest BCUT2D eigenvalue weighted by atomic mass is 9.87. The molecule has 2 atom stereocenters. The van der Waals surface area contributed by atoms with Crippen molar-refractivity contribution in [3.8, 4) is 0 Å². The van der Waals surface area contributed by atoms with Crippen LogP contribution < -0.4 is 10.6 Å². The van der Waals surface area contributed by atoms with Gasteiger partial charge in [-0.05, 0) is 44.9 Å². The van der Waals surface area contributed by atoms with Crippen LogP contribution in [0.25, 0.3) is 0 Å². The average Bonchev–Trinajstić information content (AvgIpc) is 2.60. The Bertz CT molecular complexity index is 345. The molecule has 0 radical (unpaired) electrons. The summed E-state index contributed by atoms with van der Waals surface area (Å²) in [6, 6.07) is 0.635. The molecule has 0 heterocycles. The van der Waals surface area contributed by atoms with Crippen molar-refractivity contribution in [3.63, 3.8) is 0 Å². The molecule has 1 amide bonds. The SMILES string of the molecule is CC(C)C(CNC1CCCC1(C)C)NC(=O)OC(C)(C)C. The van der Waals surface area contributed by atoms with E-state index in [1.165, 1.54) is 19.3 Å². The van der Waals surface area contributed by atoms with Crippen molar-refractivity contribution in [1.82, 2.24) is 10.6 Å². The first kappa shape index (κ1) is 18.3. The van der Waals surface area contributed by atoms with E-state index < -0.39 is 5.60 Å². The first-order chi connectivity index (χ1) is 9.51. The Kier molecular flexibility index (Phi) is 6.09. The summed E-state index contributed by atoms with van der Waals surface area (Å²) in [6.07, 6.45) is 3.46. The Morgan fingerprint density at radius 2 is 1.95 bits per heavy atom. The first-order valence-electron chi connectivity index (χ1n) is 8.24. The first-order valence-corrected chi connectivity index (χ1v) is 8.24. The number of hydrogen-bond donors (Lipinski definition) is 2. The number of alkyl carbamates (subject to hydrolysis) is 1. The van der Waals surface area contributed by atoms with Crippen LogP contribution in [0.3, 0.4) is 0 Å². The Labute approximate surface area is 130 Å². The lowest BCUT2D eigenvalue weighted by Crippen LogP contribution is -2.50. The summed E-state index contributed by atoms with van der Waals surface area (Å²) in [5, 5.41) is 6.65. The third-order valence-corrected chi connectivity index (χ3v) is 4.35. The minimum atomic E-state index is -0.452. The minimum absolute atomic E-state index is 0.0937. The fourth-order valence-corrected chi connectivity index (χ4v) is 2.89. The Hall–Kier alpha value is -0.770. The average molecular weight is 298 g/mol. The number of hydrogen-bond acceptors (Lipinski definition) is 3. The number of amides is 1. The highest BCUT2D eigenvalue weighted by atomic mass is 16.6. The van der Waals surface area contributed by atoms with Gasteiger partial charge in [-0.15, -0.1) is 0 Å². The maximum Gasteiger partial charge on any atom is 0.407 e. The smallest absolute Gasteiger partial charge is 0.407 e. The fourth-order valence-electron chi connectivity index (χ4n) is 2.89. The molecular formula is C17H34N2O2. The molecule has 2 unspecified atom stereocenters. The normalized spacial score (nSPS) is 23.1. The molecule has 4 heteroatoms. The summed E-state index contributed by atoms with van der Waals surface area (Å²) >= 11 is 0. The van der Waals surface area contributed by atoms with E-state index in [0.29, 0.717) is 17.4 Å². The van der Waals surface area contributed by atoms with E-state index in [1.807, 2.05) is 20.8 Å². The number of nitrogens with one attached hydrogen (secondary N) is 2. The zero-order chi connectivity index (χ0) is 16.3. The van der Waals surface area contributed by atoms with Crippen LogP contribution in [0.2, 0.25) is 0 Å². The zero-order valence-electron chi connectivity index (χ0n) is 14.9. The highest BCUT2D eigenvalue weighted by Crippen LogP contribution is 2.37. The molecule has 1 aliphatic rings. The molecule has 0 aromatic heterocycles. The minimum Gasteiger partial charge on any atom is -0.444 e. The predicted octanol–water partition coefficient (Wildman–Crippen LogP) is 3.70. The van der Waals surface area contributed by atoms with Gasteiger partial charge in [0.1, 0.15) is 5.60 Å². The molecule has 124 valence electrons. The molecule has 1 rings (SSSR count). The molecule has 0 saturated heterocycles. The van der Waals surface area contributed by atoms with Crippen molar-refractivity contribution in [3.05, 3.63) is 0 Å². The summed E-state index contributed by atoms with van der Waals surface area (Å²) < 4.78 is 5.35. The molecule has 1 saturated carbocycles. The fraction of sp³-hybridized carbons (Fsp3) is 0.941. The number of rotatable bonds is 5. The van der Waals surface area contributed by atoms with Gasteiger partial charge in [0.15, 0.2) is 0 Å². The van der Waals surface area contributed by atoms with E-state index in [9.17, 15) is 4.79 Å². The summed E-state index contributed by atoms with van der Waals surface area (Å²) in [6.45, 7) is 15.4. The van der Waals surface area contributed by atoms with E-state index in [4.69, 9.17) is 4.74 Å². The van der Waals surface area contributed by atoms with Crippen LogP contribution in [0.4, 0.5) is 4.79 Å². The quantitative estimate of drug-likeness (QED) is 0.813. The largest absolute Gasteiger partial charge is 0.444 e. The number of ether oxygens (including phenoxy) is 1. The van der Waals surface area contributed by atoms with E-state index in [0.717, 1.165) is 6.54 Å². The standard InChI is InChI=1S/C17H34N2O2/c1-12(2)13(19-15(20)21-16(3,4)5)11-18-14-9-8-10-17(14,6)7/h12-14,18H,8-11H2,1-7H3,(H,19,20). The van der Waals surface area contributed by atoms with Gasteiger partial charge in [-0.3, -0.25) is 0 Å². The molecule has 4 nitrogen and oxygen atoms in total. The summed E-state index contributed by atoms with van der Waals surface area (Å²) in [4.78, 5) is 11.9. The molecule has 0 aromatic carbocycles. The second-order valence-electron chi connectivity index (χ2n) is 8.34. The van der Waals surface area contributed by atoms with Gasteiger partial charge in [0.25, 0.3) is 0 Å². The van der Waals surface area contributed by atoms with Gasteiger partial charge in [-0.25, -0.2) is 4.79 Å². The zero-order valence-corrected chi connectivity index (χ0v) is 14.9. The molecule has 0 aliphatic heterocycles. The number of carbonyl (C=O) groups is 1. The number of carbonyl (C=O) groups excluding carboxylic acids is 1. The van der Waals surface area contributed by atoms with E-state index in [-0.39, 0.29) is 12.1 Å². The van der Waals surface area contributed by atoms with Crippen LogP contribution in [-0.2, 0) is 4.74 Å². The second-order valence-corrected chi connectivity index (χ2v) is 8.34. The lowest BCUT2D eigenvalue weighted by molar-refractivity contribution is 0.0488. The molecule has 1 aliphatic carbocycles. The van der Waals surface area contributed by atoms with Crippen LogP contribution in [0.1, 0.15) is 67.7 Å². The topological polar surface area (TPSA) is 50.4 Å². The van der Waals surface area contributed by atoms with Gasteiger partial charge in [-0.1, -0.05) is 34.1 Å². The monoisotopic (exact) mass is 298 g/mol. The highest BCUT2D eigenvalue weighted by Gasteiger charge is 2.34. The van der Waals surface area contributed by atoms with Crippen molar-refractivity contribution in [2.24, 2.45) is 11.3 Å². The van der Waals surface area contributed by atoms with E-state index in [2.05, 4.69) is 38.3 Å². The van der Waals surface area contributed by atoms with Gasteiger partial charge >= 0.3 is 6.09 Å². The molecule has 0 spiro atoms. The maximum absolute atomic E-state index is 11.9. The van der Waals surface area contributed by atoms with Gasteiger partial charge in [-0.2, -0.15) is 0 Å². The Morgan fingerprint density at radius 3 is 2.38 bits per heavy atom.